The SMILES string of the molecule is CC.CC.CC(C)(CN)CCN. The molecule has 0 saturated carbocycles. The van der Waals surface area contributed by atoms with Crippen molar-refractivity contribution in [3.05, 3.63) is 0 Å². The number of rotatable bonds is 3. The molecule has 0 unspecified atom stereocenters. The van der Waals surface area contributed by atoms with Crippen LogP contribution in [0.4, 0.5) is 0 Å². The fourth-order valence-corrected chi connectivity index (χ4v) is 0.493. The van der Waals surface area contributed by atoms with Crippen molar-refractivity contribution in [2.45, 2.75) is 48.0 Å². The van der Waals surface area contributed by atoms with Crippen molar-refractivity contribution in [2.75, 3.05) is 13.1 Å². The van der Waals surface area contributed by atoms with E-state index >= 15 is 0 Å². The Hall–Kier alpha value is -0.0800. The van der Waals surface area contributed by atoms with Crippen molar-refractivity contribution in [2.24, 2.45) is 16.9 Å². The Morgan fingerprint density at radius 3 is 1.33 bits per heavy atom. The molecule has 2 nitrogen and oxygen atoms in total. The molecule has 12 heavy (non-hydrogen) atoms. The fraction of sp³-hybridized carbons (Fsp3) is 1.00. The molecule has 0 bridgehead atoms. The Labute approximate surface area is 78.7 Å². The summed E-state index contributed by atoms with van der Waals surface area (Å²) in [6.45, 7) is 13.7. The summed E-state index contributed by atoms with van der Waals surface area (Å²) in [4.78, 5) is 0. The first-order chi connectivity index (χ1) is 5.62. The fourth-order valence-electron chi connectivity index (χ4n) is 0.493. The van der Waals surface area contributed by atoms with Gasteiger partial charge in [0, 0.05) is 0 Å². The van der Waals surface area contributed by atoms with Gasteiger partial charge in [-0.05, 0) is 24.9 Å². The van der Waals surface area contributed by atoms with Gasteiger partial charge in [-0.15, -0.1) is 0 Å². The first-order valence-corrected chi connectivity index (χ1v) is 5.02. The summed E-state index contributed by atoms with van der Waals surface area (Å²) < 4.78 is 0. The predicted molar refractivity (Wildman–Crippen MR) is 59.2 cm³/mol. The van der Waals surface area contributed by atoms with Gasteiger partial charge in [-0.3, -0.25) is 0 Å². The van der Waals surface area contributed by atoms with E-state index in [1.165, 1.54) is 0 Å². The lowest BCUT2D eigenvalue weighted by molar-refractivity contribution is 0.354. The number of nitrogens with two attached hydrogens (primary N) is 2. The van der Waals surface area contributed by atoms with Gasteiger partial charge < -0.3 is 11.5 Å². The van der Waals surface area contributed by atoms with E-state index in [4.69, 9.17) is 11.5 Å². The summed E-state index contributed by atoms with van der Waals surface area (Å²) in [5, 5.41) is 0. The molecule has 78 valence electrons. The van der Waals surface area contributed by atoms with Crippen LogP contribution < -0.4 is 11.5 Å². The van der Waals surface area contributed by atoms with Gasteiger partial charge in [-0.2, -0.15) is 0 Å². The van der Waals surface area contributed by atoms with Crippen LogP contribution in [0.15, 0.2) is 0 Å². The van der Waals surface area contributed by atoms with E-state index in [0.29, 0.717) is 0 Å². The minimum Gasteiger partial charge on any atom is -0.330 e. The lowest BCUT2D eigenvalue weighted by Crippen LogP contribution is -2.26. The molecule has 0 rings (SSSR count). The van der Waals surface area contributed by atoms with Crippen LogP contribution in [-0.4, -0.2) is 13.1 Å². The molecule has 0 atom stereocenters. The van der Waals surface area contributed by atoms with E-state index in [-0.39, 0.29) is 5.41 Å². The third-order valence-corrected chi connectivity index (χ3v) is 1.37. The third kappa shape index (κ3) is 16.5. The molecule has 0 aliphatic rings. The van der Waals surface area contributed by atoms with Gasteiger partial charge in [0.05, 0.1) is 0 Å². The second kappa shape index (κ2) is 13.5. The lowest BCUT2D eigenvalue weighted by atomic mass is 9.90. The second-order valence-electron chi connectivity index (χ2n) is 2.91. The Morgan fingerprint density at radius 1 is 0.917 bits per heavy atom. The zero-order valence-electron chi connectivity index (χ0n) is 9.78. The minimum absolute atomic E-state index is 0.245. The molecule has 4 N–H and O–H groups in total. The highest BCUT2D eigenvalue weighted by molar-refractivity contribution is 4.68. The summed E-state index contributed by atoms with van der Waals surface area (Å²) in [5.74, 6) is 0. The van der Waals surface area contributed by atoms with Crippen molar-refractivity contribution in [1.82, 2.24) is 0 Å². The van der Waals surface area contributed by atoms with Crippen LogP contribution in [0.3, 0.4) is 0 Å². The smallest absolute Gasteiger partial charge is 0.00253 e. The summed E-state index contributed by atoms with van der Waals surface area (Å²) >= 11 is 0. The summed E-state index contributed by atoms with van der Waals surface area (Å²) in [6.07, 6.45) is 1.02. The van der Waals surface area contributed by atoms with E-state index in [9.17, 15) is 0 Å². The summed E-state index contributed by atoms with van der Waals surface area (Å²) in [7, 11) is 0. The van der Waals surface area contributed by atoms with Crippen LogP contribution in [0.2, 0.25) is 0 Å². The van der Waals surface area contributed by atoms with Gasteiger partial charge in [-0.25, -0.2) is 0 Å². The van der Waals surface area contributed by atoms with E-state index in [2.05, 4.69) is 13.8 Å². The molecular formula is C10H28N2. The molecule has 0 saturated heterocycles. The topological polar surface area (TPSA) is 52.0 Å². The summed E-state index contributed by atoms with van der Waals surface area (Å²) in [6, 6.07) is 0. The zero-order valence-corrected chi connectivity index (χ0v) is 9.78. The average Bonchev–Trinajstić information content (AvgIpc) is 2.12. The maximum absolute atomic E-state index is 5.44. The molecule has 0 aliphatic carbocycles. The third-order valence-electron chi connectivity index (χ3n) is 1.37. The van der Waals surface area contributed by atoms with Crippen molar-refractivity contribution in [3.8, 4) is 0 Å². The Morgan fingerprint density at radius 2 is 1.25 bits per heavy atom. The second-order valence-corrected chi connectivity index (χ2v) is 2.91. The van der Waals surface area contributed by atoms with Crippen LogP contribution >= 0.6 is 0 Å². The van der Waals surface area contributed by atoms with Crippen LogP contribution in [0.5, 0.6) is 0 Å². The van der Waals surface area contributed by atoms with Crippen LogP contribution in [0.1, 0.15) is 48.0 Å². The molecule has 0 spiro atoms. The quantitative estimate of drug-likeness (QED) is 0.693. The summed E-state index contributed by atoms with van der Waals surface area (Å²) in [5.41, 5.74) is 11.0. The first-order valence-electron chi connectivity index (χ1n) is 5.02. The monoisotopic (exact) mass is 176 g/mol. The molecule has 0 amide bonds. The first kappa shape index (κ1) is 17.9. The molecule has 0 aliphatic heterocycles. The Kier molecular flexibility index (Phi) is 20.1. The molecule has 2 heteroatoms. The van der Waals surface area contributed by atoms with Gasteiger partial charge in [-0.1, -0.05) is 41.5 Å². The van der Waals surface area contributed by atoms with Crippen LogP contribution in [0, 0.1) is 5.41 Å². The van der Waals surface area contributed by atoms with Crippen LogP contribution in [-0.2, 0) is 0 Å². The maximum Gasteiger partial charge on any atom is -0.00253 e. The zero-order chi connectivity index (χ0) is 10.6. The van der Waals surface area contributed by atoms with Gasteiger partial charge in [0.15, 0.2) is 0 Å². The Balaban J connectivity index is -0.000000175. The van der Waals surface area contributed by atoms with Crippen molar-refractivity contribution in [3.63, 3.8) is 0 Å². The van der Waals surface area contributed by atoms with E-state index in [0.717, 1.165) is 19.5 Å². The Bertz CT molecular complexity index is 60.9. The largest absolute Gasteiger partial charge is 0.330 e. The molecule has 0 radical (unpaired) electrons. The van der Waals surface area contributed by atoms with E-state index < -0.39 is 0 Å². The number of hydrogen-bond acceptors (Lipinski definition) is 2. The van der Waals surface area contributed by atoms with Crippen molar-refractivity contribution in [1.29, 1.82) is 0 Å². The van der Waals surface area contributed by atoms with E-state index in [1.54, 1.807) is 0 Å². The van der Waals surface area contributed by atoms with Gasteiger partial charge in [0.2, 0.25) is 0 Å². The molecule has 0 heterocycles. The molecule has 0 aromatic rings. The van der Waals surface area contributed by atoms with Gasteiger partial charge in [0.25, 0.3) is 0 Å². The minimum atomic E-state index is 0.245. The molecule has 0 aromatic carbocycles. The van der Waals surface area contributed by atoms with Gasteiger partial charge >= 0.3 is 0 Å². The van der Waals surface area contributed by atoms with Crippen LogP contribution in [0.25, 0.3) is 0 Å². The maximum atomic E-state index is 5.44. The molecular weight excluding hydrogens is 148 g/mol. The average molecular weight is 176 g/mol. The highest BCUT2D eigenvalue weighted by Crippen LogP contribution is 2.15. The van der Waals surface area contributed by atoms with Crippen molar-refractivity contribution < 1.29 is 0 Å². The van der Waals surface area contributed by atoms with E-state index in [1.807, 2.05) is 27.7 Å². The molecule has 0 aromatic heterocycles. The number of hydrogen-bond donors (Lipinski definition) is 2. The molecule has 0 fully saturated rings. The predicted octanol–water partition coefficient (Wildman–Crippen LogP) is 2.37. The highest BCUT2D eigenvalue weighted by atomic mass is 14.6. The van der Waals surface area contributed by atoms with Crippen molar-refractivity contribution >= 4 is 0 Å². The normalized spacial score (nSPS) is 9.00. The van der Waals surface area contributed by atoms with Gasteiger partial charge in [0.1, 0.15) is 0 Å². The standard InChI is InChI=1S/C6H16N2.2C2H6/c1-6(2,5-8)3-4-7;2*1-2/h3-5,7-8H2,1-2H3;2*1-2H3. The highest BCUT2D eigenvalue weighted by Gasteiger charge is 2.12. The lowest BCUT2D eigenvalue weighted by Gasteiger charge is -2.20.